The molecule has 1 saturated heterocycles. The number of benzene rings is 1. The molecule has 1 fully saturated rings. The molecule has 0 unspecified atom stereocenters. The average Bonchev–Trinajstić information content (AvgIpc) is 2.92. The zero-order valence-electron chi connectivity index (χ0n) is 13.0. The molecular formula is C16H20N2O4. The maximum absolute atomic E-state index is 12.0. The maximum atomic E-state index is 12.0. The monoisotopic (exact) mass is 304 g/mol. The van der Waals surface area contributed by atoms with Crippen molar-refractivity contribution in [2.45, 2.75) is 25.9 Å². The third-order valence-corrected chi connectivity index (χ3v) is 3.56. The molecule has 6 nitrogen and oxygen atoms in total. The van der Waals surface area contributed by atoms with Crippen molar-refractivity contribution in [3.63, 3.8) is 0 Å². The SMILES string of the molecule is C[C@@H](OC(=O)c1ccc(N2CCCC2=O)cc1)C(=O)N(C)C. The van der Waals surface area contributed by atoms with Crippen LogP contribution >= 0.6 is 0 Å². The summed E-state index contributed by atoms with van der Waals surface area (Å²) in [7, 11) is 3.21. The van der Waals surface area contributed by atoms with Gasteiger partial charge in [-0.2, -0.15) is 0 Å². The second-order valence-corrected chi connectivity index (χ2v) is 5.48. The Kier molecular flexibility index (Phi) is 4.80. The molecule has 2 amide bonds. The van der Waals surface area contributed by atoms with Crippen LogP contribution < -0.4 is 4.90 Å². The van der Waals surface area contributed by atoms with Gasteiger partial charge < -0.3 is 14.5 Å². The summed E-state index contributed by atoms with van der Waals surface area (Å²) in [6.07, 6.45) is 0.586. The van der Waals surface area contributed by atoms with E-state index in [2.05, 4.69) is 0 Å². The Bertz CT molecular complexity index is 580. The molecule has 0 saturated carbocycles. The van der Waals surface area contributed by atoms with Crippen LogP contribution in [0.2, 0.25) is 0 Å². The number of ether oxygens (including phenoxy) is 1. The first kappa shape index (κ1) is 16.0. The summed E-state index contributed by atoms with van der Waals surface area (Å²) in [6, 6.07) is 6.66. The minimum atomic E-state index is -0.831. The average molecular weight is 304 g/mol. The summed E-state index contributed by atoms with van der Waals surface area (Å²) in [5, 5.41) is 0. The molecule has 1 aromatic rings. The molecule has 22 heavy (non-hydrogen) atoms. The van der Waals surface area contributed by atoms with E-state index in [4.69, 9.17) is 4.74 Å². The lowest BCUT2D eigenvalue weighted by atomic mass is 10.2. The predicted octanol–water partition coefficient (Wildman–Crippen LogP) is 1.45. The number of nitrogens with zero attached hydrogens (tertiary/aromatic N) is 2. The van der Waals surface area contributed by atoms with E-state index in [1.54, 1.807) is 43.3 Å². The molecule has 1 aromatic carbocycles. The lowest BCUT2D eigenvalue weighted by Gasteiger charge is -2.18. The van der Waals surface area contributed by atoms with Gasteiger partial charge in [0.15, 0.2) is 6.10 Å². The summed E-state index contributed by atoms with van der Waals surface area (Å²) < 4.78 is 5.14. The largest absolute Gasteiger partial charge is 0.449 e. The third kappa shape index (κ3) is 3.44. The van der Waals surface area contributed by atoms with Gasteiger partial charge in [-0.25, -0.2) is 4.79 Å². The molecule has 0 N–H and O–H groups in total. The van der Waals surface area contributed by atoms with Crippen LogP contribution in [0.3, 0.4) is 0 Å². The second kappa shape index (κ2) is 6.60. The minimum Gasteiger partial charge on any atom is -0.449 e. The molecule has 0 spiro atoms. The zero-order valence-corrected chi connectivity index (χ0v) is 13.0. The number of carbonyl (C=O) groups is 3. The lowest BCUT2D eigenvalue weighted by molar-refractivity contribution is -0.137. The molecule has 2 rings (SSSR count). The highest BCUT2D eigenvalue weighted by Gasteiger charge is 2.23. The highest BCUT2D eigenvalue weighted by molar-refractivity contribution is 5.96. The summed E-state index contributed by atoms with van der Waals surface area (Å²) in [5.41, 5.74) is 1.13. The lowest BCUT2D eigenvalue weighted by Crippen LogP contribution is -2.34. The van der Waals surface area contributed by atoms with Crippen LogP contribution in [0.25, 0.3) is 0 Å². The Morgan fingerprint density at radius 2 is 1.86 bits per heavy atom. The van der Waals surface area contributed by atoms with E-state index in [1.807, 2.05) is 0 Å². The quantitative estimate of drug-likeness (QED) is 0.790. The Hall–Kier alpha value is -2.37. The van der Waals surface area contributed by atoms with Gasteiger partial charge in [0.1, 0.15) is 0 Å². The maximum Gasteiger partial charge on any atom is 0.338 e. The van der Waals surface area contributed by atoms with Crippen molar-refractivity contribution >= 4 is 23.5 Å². The molecule has 0 radical (unpaired) electrons. The van der Waals surface area contributed by atoms with Crippen molar-refractivity contribution < 1.29 is 19.1 Å². The van der Waals surface area contributed by atoms with Crippen LogP contribution in [0.5, 0.6) is 0 Å². The van der Waals surface area contributed by atoms with Crippen molar-refractivity contribution in [1.29, 1.82) is 0 Å². The van der Waals surface area contributed by atoms with Gasteiger partial charge in [-0.15, -0.1) is 0 Å². The van der Waals surface area contributed by atoms with Crippen molar-refractivity contribution in [2.75, 3.05) is 25.5 Å². The van der Waals surface area contributed by atoms with Crippen molar-refractivity contribution in [3.05, 3.63) is 29.8 Å². The van der Waals surface area contributed by atoms with Gasteiger partial charge in [0.25, 0.3) is 5.91 Å². The molecule has 1 aliphatic rings. The molecule has 1 heterocycles. The molecular weight excluding hydrogens is 284 g/mol. The first-order valence-corrected chi connectivity index (χ1v) is 7.22. The van der Waals surface area contributed by atoms with Crippen molar-refractivity contribution in [3.8, 4) is 0 Å². The predicted molar refractivity (Wildman–Crippen MR) is 81.6 cm³/mol. The standard InChI is InChI=1S/C16H20N2O4/c1-11(15(20)17(2)3)22-16(21)12-6-8-13(9-7-12)18-10-4-5-14(18)19/h6-9,11H,4-5,10H2,1-3H3/t11-/m1/s1. The Morgan fingerprint density at radius 1 is 1.23 bits per heavy atom. The number of rotatable bonds is 4. The normalized spacial score (nSPS) is 15.6. The van der Waals surface area contributed by atoms with Gasteiger partial charge in [0.2, 0.25) is 5.91 Å². The van der Waals surface area contributed by atoms with Gasteiger partial charge in [-0.3, -0.25) is 9.59 Å². The fraction of sp³-hybridized carbons (Fsp3) is 0.438. The summed E-state index contributed by atoms with van der Waals surface area (Å²) in [6.45, 7) is 2.24. The topological polar surface area (TPSA) is 66.9 Å². The van der Waals surface area contributed by atoms with Gasteiger partial charge >= 0.3 is 5.97 Å². The van der Waals surface area contributed by atoms with Crippen LogP contribution in [-0.4, -0.2) is 49.4 Å². The van der Waals surface area contributed by atoms with E-state index in [1.165, 1.54) is 11.8 Å². The molecule has 0 aliphatic carbocycles. The third-order valence-electron chi connectivity index (χ3n) is 3.56. The number of hydrogen-bond acceptors (Lipinski definition) is 4. The van der Waals surface area contributed by atoms with E-state index >= 15 is 0 Å². The summed E-state index contributed by atoms with van der Waals surface area (Å²) >= 11 is 0. The molecule has 1 aliphatic heterocycles. The van der Waals surface area contributed by atoms with Crippen LogP contribution in [0, 0.1) is 0 Å². The highest BCUT2D eigenvalue weighted by atomic mass is 16.5. The summed E-state index contributed by atoms with van der Waals surface area (Å²) in [4.78, 5) is 38.4. The summed E-state index contributed by atoms with van der Waals surface area (Å²) in [5.74, 6) is -0.727. The Balaban J connectivity index is 2.02. The fourth-order valence-corrected chi connectivity index (χ4v) is 2.34. The van der Waals surface area contributed by atoms with Crippen LogP contribution in [0.1, 0.15) is 30.1 Å². The second-order valence-electron chi connectivity index (χ2n) is 5.48. The number of esters is 1. The van der Waals surface area contributed by atoms with Gasteiger partial charge in [0, 0.05) is 32.7 Å². The minimum absolute atomic E-state index is 0.0977. The van der Waals surface area contributed by atoms with E-state index < -0.39 is 12.1 Å². The van der Waals surface area contributed by atoms with E-state index in [0.717, 1.165) is 12.1 Å². The number of carbonyl (C=O) groups excluding carboxylic acids is 3. The van der Waals surface area contributed by atoms with Crippen LogP contribution in [0.4, 0.5) is 5.69 Å². The molecule has 6 heteroatoms. The number of hydrogen-bond donors (Lipinski definition) is 0. The van der Waals surface area contributed by atoms with Crippen LogP contribution in [0.15, 0.2) is 24.3 Å². The van der Waals surface area contributed by atoms with E-state index in [0.29, 0.717) is 18.5 Å². The first-order valence-electron chi connectivity index (χ1n) is 7.22. The number of likely N-dealkylation sites (N-methyl/N-ethyl adjacent to an activating group) is 1. The number of anilines is 1. The van der Waals surface area contributed by atoms with Gasteiger partial charge in [0.05, 0.1) is 5.56 Å². The molecule has 118 valence electrons. The molecule has 1 atom stereocenters. The highest BCUT2D eigenvalue weighted by Crippen LogP contribution is 2.21. The van der Waals surface area contributed by atoms with Crippen molar-refractivity contribution in [1.82, 2.24) is 4.90 Å². The zero-order chi connectivity index (χ0) is 16.3. The van der Waals surface area contributed by atoms with Crippen LogP contribution in [-0.2, 0) is 14.3 Å². The van der Waals surface area contributed by atoms with E-state index in [-0.39, 0.29) is 11.8 Å². The Labute approximate surface area is 129 Å². The van der Waals surface area contributed by atoms with E-state index in [9.17, 15) is 14.4 Å². The smallest absolute Gasteiger partial charge is 0.338 e. The van der Waals surface area contributed by atoms with Crippen molar-refractivity contribution in [2.24, 2.45) is 0 Å². The molecule has 0 bridgehead atoms. The number of amides is 2. The first-order chi connectivity index (χ1) is 10.4. The molecule has 0 aromatic heterocycles. The fourth-order valence-electron chi connectivity index (χ4n) is 2.34. The Morgan fingerprint density at radius 3 is 2.36 bits per heavy atom. The van der Waals surface area contributed by atoms with Gasteiger partial charge in [-0.1, -0.05) is 0 Å². The van der Waals surface area contributed by atoms with Gasteiger partial charge in [-0.05, 0) is 37.6 Å².